The van der Waals surface area contributed by atoms with Gasteiger partial charge >= 0.3 is 0 Å². The first kappa shape index (κ1) is 30.3. The van der Waals surface area contributed by atoms with Gasteiger partial charge in [0, 0.05) is 55.4 Å². The summed E-state index contributed by atoms with van der Waals surface area (Å²) >= 11 is 0. The van der Waals surface area contributed by atoms with Gasteiger partial charge in [-0.05, 0) is 107 Å². The highest BCUT2D eigenvalue weighted by Gasteiger charge is 2.21. The molecule has 0 aliphatic carbocycles. The van der Waals surface area contributed by atoms with Crippen LogP contribution in [0.15, 0.2) is 203 Å². The molecule has 54 heavy (non-hydrogen) atoms. The van der Waals surface area contributed by atoms with Gasteiger partial charge in [0.05, 0.1) is 5.69 Å². The molecule has 11 rings (SSSR count). The Hall–Kier alpha value is -7.30. The molecule has 0 bridgehead atoms. The third kappa shape index (κ3) is 4.85. The van der Waals surface area contributed by atoms with Gasteiger partial charge in [-0.2, -0.15) is 0 Å². The smallest absolute Gasteiger partial charge is 0.136 e. The van der Waals surface area contributed by atoms with Crippen LogP contribution in [0.4, 0.5) is 34.1 Å². The third-order valence-electron chi connectivity index (χ3n) is 10.6. The van der Waals surface area contributed by atoms with Crippen LogP contribution in [0.1, 0.15) is 0 Å². The molecule has 0 saturated carbocycles. The third-order valence-corrected chi connectivity index (χ3v) is 10.6. The Morgan fingerprint density at radius 2 is 0.796 bits per heavy atom. The highest BCUT2D eigenvalue weighted by Crippen LogP contribution is 2.45. The number of nitrogens with zero attached hydrogens (tertiary/aromatic N) is 2. The average Bonchev–Trinajstić information content (AvgIpc) is 3.79. The van der Waals surface area contributed by atoms with E-state index in [9.17, 15) is 0 Å². The van der Waals surface area contributed by atoms with Gasteiger partial charge in [-0.25, -0.2) is 0 Å². The van der Waals surface area contributed by atoms with Crippen molar-refractivity contribution in [2.75, 3.05) is 9.80 Å². The summed E-state index contributed by atoms with van der Waals surface area (Å²) in [7, 11) is 0. The second-order valence-corrected chi connectivity index (χ2v) is 13.7. The molecule has 2 aromatic heterocycles. The Balaban J connectivity index is 1.15. The number of para-hydroxylation sites is 4. The summed E-state index contributed by atoms with van der Waals surface area (Å²) < 4.78 is 12.7. The van der Waals surface area contributed by atoms with Gasteiger partial charge in [-0.3, -0.25) is 0 Å². The van der Waals surface area contributed by atoms with Crippen LogP contribution < -0.4 is 9.80 Å². The molecule has 0 saturated heterocycles. The van der Waals surface area contributed by atoms with Crippen molar-refractivity contribution < 1.29 is 8.83 Å². The van der Waals surface area contributed by atoms with E-state index in [1.165, 1.54) is 10.8 Å². The molecule has 0 fully saturated rings. The minimum Gasteiger partial charge on any atom is -0.456 e. The van der Waals surface area contributed by atoms with E-state index in [1.54, 1.807) is 0 Å². The van der Waals surface area contributed by atoms with E-state index in [2.05, 4.69) is 180 Å². The quantitative estimate of drug-likeness (QED) is 0.162. The van der Waals surface area contributed by atoms with Crippen molar-refractivity contribution >= 4 is 99.5 Å². The fourth-order valence-electron chi connectivity index (χ4n) is 8.14. The maximum absolute atomic E-state index is 6.38. The maximum atomic E-state index is 6.38. The second-order valence-electron chi connectivity index (χ2n) is 13.7. The molecular formula is C50H32N2O2. The lowest BCUT2D eigenvalue weighted by atomic mass is 9.98. The minimum atomic E-state index is 0.867. The van der Waals surface area contributed by atoms with E-state index in [0.29, 0.717) is 0 Å². The first-order valence-corrected chi connectivity index (χ1v) is 18.3. The summed E-state index contributed by atoms with van der Waals surface area (Å²) in [6.07, 6.45) is 0. The summed E-state index contributed by atoms with van der Waals surface area (Å²) in [5.41, 5.74) is 9.94. The highest BCUT2D eigenvalue weighted by atomic mass is 16.3. The van der Waals surface area contributed by atoms with Gasteiger partial charge in [0.25, 0.3) is 0 Å². The highest BCUT2D eigenvalue weighted by molar-refractivity contribution is 6.18. The van der Waals surface area contributed by atoms with Gasteiger partial charge in [-0.15, -0.1) is 0 Å². The molecule has 0 aliphatic heterocycles. The molecule has 0 N–H and O–H groups in total. The van der Waals surface area contributed by atoms with Crippen LogP contribution >= 0.6 is 0 Å². The van der Waals surface area contributed by atoms with Crippen LogP contribution in [0.2, 0.25) is 0 Å². The van der Waals surface area contributed by atoms with Gasteiger partial charge in [-0.1, -0.05) is 103 Å². The van der Waals surface area contributed by atoms with Crippen LogP contribution in [0.25, 0.3) is 65.4 Å². The normalized spacial score (nSPS) is 11.7. The SMILES string of the molecule is c1ccc(N(c2ccccc2)c2cccc(N(c3ccc4oc5ccccc5c4c3)c3cccc4c3ccc3cc5c(cc34)oc3ccccc35)c2)cc1. The Bertz CT molecular complexity index is 3140. The van der Waals surface area contributed by atoms with E-state index >= 15 is 0 Å². The van der Waals surface area contributed by atoms with Crippen LogP contribution in [0, 0.1) is 0 Å². The van der Waals surface area contributed by atoms with Crippen molar-refractivity contribution in [1.82, 2.24) is 0 Å². The molecule has 0 atom stereocenters. The predicted molar refractivity (Wildman–Crippen MR) is 225 cm³/mol. The number of furan rings is 2. The Kier molecular flexibility index (Phi) is 6.82. The van der Waals surface area contributed by atoms with Crippen molar-refractivity contribution in [3.05, 3.63) is 194 Å². The lowest BCUT2D eigenvalue weighted by molar-refractivity contribution is 0.669. The predicted octanol–water partition coefficient (Wildman–Crippen LogP) is 14.7. The fraction of sp³-hybridized carbons (Fsp3) is 0. The molecule has 9 aromatic carbocycles. The zero-order valence-electron chi connectivity index (χ0n) is 29.2. The van der Waals surface area contributed by atoms with Gasteiger partial charge in [0.2, 0.25) is 0 Å². The minimum absolute atomic E-state index is 0.867. The topological polar surface area (TPSA) is 32.8 Å². The van der Waals surface area contributed by atoms with E-state index in [4.69, 9.17) is 8.83 Å². The Morgan fingerprint density at radius 1 is 0.259 bits per heavy atom. The molecule has 254 valence electrons. The first-order chi connectivity index (χ1) is 26.8. The number of rotatable bonds is 6. The van der Waals surface area contributed by atoms with E-state index in [-0.39, 0.29) is 0 Å². The number of fused-ring (bicyclic) bond motifs is 9. The lowest BCUT2D eigenvalue weighted by Crippen LogP contribution is -2.13. The van der Waals surface area contributed by atoms with E-state index in [0.717, 1.165) is 88.8 Å². The number of anilines is 6. The second kappa shape index (κ2) is 12.1. The molecular weight excluding hydrogens is 661 g/mol. The van der Waals surface area contributed by atoms with Crippen molar-refractivity contribution in [3.63, 3.8) is 0 Å². The molecule has 0 aliphatic rings. The van der Waals surface area contributed by atoms with Crippen LogP contribution in [0.3, 0.4) is 0 Å². The van der Waals surface area contributed by atoms with E-state index in [1.807, 2.05) is 24.3 Å². The average molecular weight is 693 g/mol. The molecule has 11 aromatic rings. The molecule has 0 amide bonds. The van der Waals surface area contributed by atoms with Crippen molar-refractivity contribution in [1.29, 1.82) is 0 Å². The number of benzene rings is 9. The fourth-order valence-corrected chi connectivity index (χ4v) is 8.14. The summed E-state index contributed by atoms with van der Waals surface area (Å²) in [6, 6.07) is 68.6. The summed E-state index contributed by atoms with van der Waals surface area (Å²) in [4.78, 5) is 4.69. The Morgan fingerprint density at radius 3 is 1.52 bits per heavy atom. The maximum Gasteiger partial charge on any atom is 0.136 e. The van der Waals surface area contributed by atoms with E-state index < -0.39 is 0 Å². The van der Waals surface area contributed by atoms with Gasteiger partial charge < -0.3 is 18.6 Å². The van der Waals surface area contributed by atoms with Crippen LogP contribution in [0.5, 0.6) is 0 Å². The van der Waals surface area contributed by atoms with Crippen LogP contribution in [-0.2, 0) is 0 Å². The van der Waals surface area contributed by atoms with Crippen LogP contribution in [-0.4, -0.2) is 0 Å². The van der Waals surface area contributed by atoms with Gasteiger partial charge in [0.1, 0.15) is 22.3 Å². The molecule has 0 radical (unpaired) electrons. The standard InChI is InChI=1S/C50H32N2O2/c1-3-13-34(14-4-1)51(35-15-5-2-6-16-35)36-17-11-18-37(30-36)52(38-26-28-49-45(31-38)42-20-8-9-23-47(42)53-49)46-22-12-21-39-40(46)27-25-33-29-44-41-19-7-10-24-48(41)54-50(44)32-43(33)39/h1-32H. The van der Waals surface area contributed by atoms with Crippen molar-refractivity contribution in [2.24, 2.45) is 0 Å². The largest absolute Gasteiger partial charge is 0.456 e. The summed E-state index contributed by atoms with van der Waals surface area (Å²) in [5, 5.41) is 9.10. The lowest BCUT2D eigenvalue weighted by Gasteiger charge is -2.30. The summed E-state index contributed by atoms with van der Waals surface area (Å²) in [5.74, 6) is 0. The zero-order valence-corrected chi connectivity index (χ0v) is 29.2. The molecule has 0 unspecified atom stereocenters. The van der Waals surface area contributed by atoms with Crippen molar-refractivity contribution in [2.45, 2.75) is 0 Å². The monoisotopic (exact) mass is 692 g/mol. The molecule has 2 heterocycles. The zero-order chi connectivity index (χ0) is 35.6. The number of hydrogen-bond donors (Lipinski definition) is 0. The number of hydrogen-bond acceptors (Lipinski definition) is 4. The Labute approximate surface area is 311 Å². The molecule has 4 heteroatoms. The molecule has 4 nitrogen and oxygen atoms in total. The van der Waals surface area contributed by atoms with Crippen molar-refractivity contribution in [3.8, 4) is 0 Å². The molecule has 0 spiro atoms. The first-order valence-electron chi connectivity index (χ1n) is 18.3. The van der Waals surface area contributed by atoms with Gasteiger partial charge in [0.15, 0.2) is 0 Å². The summed E-state index contributed by atoms with van der Waals surface area (Å²) in [6.45, 7) is 0.